The van der Waals surface area contributed by atoms with E-state index >= 15 is 0 Å². The minimum absolute atomic E-state index is 0.522. The number of aromatic nitrogens is 2. The van der Waals surface area contributed by atoms with Crippen LogP contribution in [0.2, 0.25) is 0 Å². The van der Waals surface area contributed by atoms with E-state index in [9.17, 15) is 0 Å². The average Bonchev–Trinajstić information content (AvgIpc) is 2.97. The van der Waals surface area contributed by atoms with Gasteiger partial charge in [0, 0.05) is 19.3 Å². The van der Waals surface area contributed by atoms with Crippen molar-refractivity contribution in [2.45, 2.75) is 46.5 Å². The number of hydrogen-bond donors (Lipinski definition) is 1. The van der Waals surface area contributed by atoms with Gasteiger partial charge in [0.05, 0.1) is 5.69 Å². The summed E-state index contributed by atoms with van der Waals surface area (Å²) in [6, 6.07) is 2.28. The molecule has 1 N–H and O–H groups in total. The number of aryl methyl sites for hydroxylation is 2. The molecule has 0 amide bonds. The fraction of sp³-hybridized carbons (Fsp3) is 0.800. The molecule has 18 heavy (non-hydrogen) atoms. The summed E-state index contributed by atoms with van der Waals surface area (Å²) in [5.41, 5.74) is 3.14. The molecule has 3 nitrogen and oxygen atoms in total. The van der Waals surface area contributed by atoms with E-state index < -0.39 is 0 Å². The van der Waals surface area contributed by atoms with Crippen molar-refractivity contribution >= 4 is 0 Å². The zero-order valence-electron chi connectivity index (χ0n) is 12.3. The average molecular weight is 249 g/mol. The van der Waals surface area contributed by atoms with Gasteiger partial charge in [-0.2, -0.15) is 5.10 Å². The van der Waals surface area contributed by atoms with E-state index in [2.05, 4.69) is 49.0 Å². The van der Waals surface area contributed by atoms with Gasteiger partial charge in [0.15, 0.2) is 0 Å². The fourth-order valence-electron chi connectivity index (χ4n) is 2.51. The zero-order chi connectivity index (χ0) is 13.2. The molecule has 1 aliphatic carbocycles. The molecule has 0 atom stereocenters. The minimum atomic E-state index is 0.522. The van der Waals surface area contributed by atoms with Crippen molar-refractivity contribution in [1.29, 1.82) is 0 Å². The Hall–Kier alpha value is -0.830. The molecule has 0 unspecified atom stereocenters. The second-order valence-corrected chi connectivity index (χ2v) is 6.31. The lowest BCUT2D eigenvalue weighted by molar-refractivity contribution is 0.422. The molecule has 0 saturated heterocycles. The van der Waals surface area contributed by atoms with Crippen molar-refractivity contribution in [2.24, 2.45) is 18.4 Å². The van der Waals surface area contributed by atoms with Crippen LogP contribution in [0.1, 0.15) is 45.0 Å². The number of nitrogens with zero attached hydrogens (tertiary/aromatic N) is 2. The molecule has 1 aromatic rings. The second-order valence-electron chi connectivity index (χ2n) is 6.31. The number of nitrogens with one attached hydrogen (secondary N) is 1. The maximum absolute atomic E-state index is 4.55. The van der Waals surface area contributed by atoms with Gasteiger partial charge in [-0.05, 0) is 49.6 Å². The van der Waals surface area contributed by atoms with E-state index in [1.54, 1.807) is 0 Å². The van der Waals surface area contributed by atoms with Gasteiger partial charge in [0.25, 0.3) is 0 Å². The van der Waals surface area contributed by atoms with Crippen LogP contribution < -0.4 is 5.32 Å². The van der Waals surface area contributed by atoms with Gasteiger partial charge in [0.1, 0.15) is 0 Å². The predicted molar refractivity (Wildman–Crippen MR) is 75.7 cm³/mol. The van der Waals surface area contributed by atoms with Gasteiger partial charge in [-0.15, -0.1) is 0 Å². The summed E-state index contributed by atoms with van der Waals surface area (Å²) in [5, 5.41) is 8.16. The third-order valence-corrected chi connectivity index (χ3v) is 3.96. The summed E-state index contributed by atoms with van der Waals surface area (Å²) < 4.78 is 2.07. The quantitative estimate of drug-likeness (QED) is 0.805. The Bertz CT molecular complexity index is 388. The lowest BCUT2D eigenvalue weighted by atomic mass is 9.99. The van der Waals surface area contributed by atoms with E-state index in [-0.39, 0.29) is 0 Å². The summed E-state index contributed by atoms with van der Waals surface area (Å²) in [5.74, 6) is 0.740. The highest BCUT2D eigenvalue weighted by atomic mass is 15.3. The third kappa shape index (κ3) is 3.35. The molecule has 1 saturated carbocycles. The van der Waals surface area contributed by atoms with E-state index in [1.807, 2.05) is 0 Å². The fourth-order valence-corrected chi connectivity index (χ4v) is 2.51. The largest absolute Gasteiger partial charge is 0.316 e. The summed E-state index contributed by atoms with van der Waals surface area (Å²) in [6.45, 7) is 9.00. The maximum atomic E-state index is 4.55. The van der Waals surface area contributed by atoms with Crippen LogP contribution in [0.15, 0.2) is 6.07 Å². The molecule has 1 aromatic heterocycles. The van der Waals surface area contributed by atoms with Gasteiger partial charge in [0.2, 0.25) is 0 Å². The molecule has 1 aliphatic rings. The van der Waals surface area contributed by atoms with Crippen LogP contribution in [0.25, 0.3) is 0 Å². The lowest BCUT2D eigenvalue weighted by Crippen LogP contribution is -2.29. The van der Waals surface area contributed by atoms with E-state index in [0.717, 1.165) is 25.4 Å². The molecule has 0 aromatic carbocycles. The minimum Gasteiger partial charge on any atom is -0.316 e. The molecular formula is C15H27N3. The van der Waals surface area contributed by atoms with Gasteiger partial charge >= 0.3 is 0 Å². The summed E-state index contributed by atoms with van der Waals surface area (Å²) in [6.07, 6.45) is 4.95. The Labute approximate surface area is 111 Å². The van der Waals surface area contributed by atoms with Crippen molar-refractivity contribution in [1.82, 2.24) is 15.1 Å². The number of rotatable bonds is 7. The van der Waals surface area contributed by atoms with Crippen LogP contribution >= 0.6 is 0 Å². The standard InChI is InChI=1S/C15H27N3/c1-5-13-8-14(18(4)17-13)9-15(6-7-15)11-16-10-12(2)3/h8,12,16H,5-7,9-11H2,1-4H3. The molecule has 2 rings (SSSR count). The first-order valence-corrected chi connectivity index (χ1v) is 7.27. The Kier molecular flexibility index (Phi) is 4.10. The number of hydrogen-bond acceptors (Lipinski definition) is 2. The normalized spacial score (nSPS) is 17.4. The van der Waals surface area contributed by atoms with Crippen molar-refractivity contribution in [3.63, 3.8) is 0 Å². The van der Waals surface area contributed by atoms with E-state index in [1.165, 1.54) is 30.7 Å². The van der Waals surface area contributed by atoms with E-state index in [0.29, 0.717) is 5.41 Å². The van der Waals surface area contributed by atoms with Crippen LogP contribution in [0.5, 0.6) is 0 Å². The van der Waals surface area contributed by atoms with Crippen LogP contribution in [0.4, 0.5) is 0 Å². The van der Waals surface area contributed by atoms with Crippen molar-refractivity contribution in [3.8, 4) is 0 Å². The highest BCUT2D eigenvalue weighted by Crippen LogP contribution is 2.47. The highest BCUT2D eigenvalue weighted by molar-refractivity contribution is 5.15. The van der Waals surface area contributed by atoms with E-state index in [4.69, 9.17) is 0 Å². The monoisotopic (exact) mass is 249 g/mol. The summed E-state index contributed by atoms with van der Waals surface area (Å²) in [4.78, 5) is 0. The molecule has 1 heterocycles. The SMILES string of the molecule is CCc1cc(CC2(CNCC(C)C)CC2)n(C)n1. The maximum Gasteiger partial charge on any atom is 0.0624 e. The molecule has 0 radical (unpaired) electrons. The molecule has 3 heteroatoms. The summed E-state index contributed by atoms with van der Waals surface area (Å²) >= 11 is 0. The molecular weight excluding hydrogens is 222 g/mol. The van der Waals surface area contributed by atoms with Gasteiger partial charge in [-0.25, -0.2) is 0 Å². The molecule has 0 bridgehead atoms. The Balaban J connectivity index is 1.89. The Morgan fingerprint density at radius 1 is 1.44 bits per heavy atom. The first-order valence-electron chi connectivity index (χ1n) is 7.27. The molecule has 0 spiro atoms. The van der Waals surface area contributed by atoms with Crippen molar-refractivity contribution in [3.05, 3.63) is 17.5 Å². The molecule has 102 valence electrons. The molecule has 0 aliphatic heterocycles. The Morgan fingerprint density at radius 2 is 2.17 bits per heavy atom. The topological polar surface area (TPSA) is 29.9 Å². The smallest absolute Gasteiger partial charge is 0.0624 e. The first kappa shape index (κ1) is 13.6. The van der Waals surface area contributed by atoms with Crippen LogP contribution in [-0.2, 0) is 19.9 Å². The Morgan fingerprint density at radius 3 is 2.67 bits per heavy atom. The summed E-state index contributed by atoms with van der Waals surface area (Å²) in [7, 11) is 2.08. The molecule has 1 fully saturated rings. The van der Waals surface area contributed by atoms with Crippen molar-refractivity contribution in [2.75, 3.05) is 13.1 Å². The van der Waals surface area contributed by atoms with Gasteiger partial charge in [-0.1, -0.05) is 20.8 Å². The van der Waals surface area contributed by atoms with Crippen LogP contribution in [0.3, 0.4) is 0 Å². The second kappa shape index (κ2) is 5.43. The first-order chi connectivity index (χ1) is 8.54. The van der Waals surface area contributed by atoms with Crippen molar-refractivity contribution < 1.29 is 0 Å². The van der Waals surface area contributed by atoms with Gasteiger partial charge in [-0.3, -0.25) is 4.68 Å². The highest BCUT2D eigenvalue weighted by Gasteiger charge is 2.42. The predicted octanol–water partition coefficient (Wildman–Crippen LogP) is 2.55. The van der Waals surface area contributed by atoms with Gasteiger partial charge < -0.3 is 5.32 Å². The van der Waals surface area contributed by atoms with Crippen LogP contribution in [-0.4, -0.2) is 22.9 Å². The zero-order valence-corrected chi connectivity index (χ0v) is 12.3. The van der Waals surface area contributed by atoms with Crippen LogP contribution in [0, 0.1) is 11.3 Å². The third-order valence-electron chi connectivity index (χ3n) is 3.96. The lowest BCUT2D eigenvalue weighted by Gasteiger charge is -2.17.